The van der Waals surface area contributed by atoms with Crippen molar-refractivity contribution in [1.29, 1.82) is 0 Å². The average molecular weight is 494 g/mol. The van der Waals surface area contributed by atoms with E-state index in [1.165, 1.54) is 0 Å². The Morgan fingerprint density at radius 3 is 2.30 bits per heavy atom. The molecule has 2 aromatic carbocycles. The summed E-state index contributed by atoms with van der Waals surface area (Å²) in [6.45, 7) is 2.40. The van der Waals surface area contributed by atoms with Gasteiger partial charge >= 0.3 is 5.97 Å². The molecule has 0 radical (unpaired) electrons. The Balaban J connectivity index is 1.29. The Morgan fingerprint density at radius 1 is 0.919 bits per heavy atom. The van der Waals surface area contributed by atoms with E-state index in [2.05, 4.69) is 0 Å². The minimum Gasteiger partial charge on any atom is -0.463 e. The maximum atomic E-state index is 13.3. The molecule has 1 amide bonds. The van der Waals surface area contributed by atoms with Crippen LogP contribution in [0.25, 0.3) is 33.9 Å². The average Bonchev–Trinajstić information content (AvgIpc) is 3.72. The maximum absolute atomic E-state index is 13.3. The van der Waals surface area contributed by atoms with Gasteiger partial charge in [-0.3, -0.25) is 4.79 Å². The molecule has 8 nitrogen and oxygen atoms in total. The number of benzene rings is 2. The zero-order chi connectivity index (χ0) is 25.4. The number of nitrogens with zero attached hydrogens (tertiary/aromatic N) is 3. The second kappa shape index (κ2) is 9.39. The Morgan fingerprint density at radius 2 is 1.62 bits per heavy atom. The quantitative estimate of drug-likeness (QED) is 0.281. The summed E-state index contributed by atoms with van der Waals surface area (Å²) in [4.78, 5) is 37.5. The van der Waals surface area contributed by atoms with E-state index in [-0.39, 0.29) is 11.5 Å². The third-order valence-corrected chi connectivity index (χ3v) is 6.46. The summed E-state index contributed by atoms with van der Waals surface area (Å²) in [5, 5.41) is 0. The molecular weight excluding hydrogens is 470 g/mol. The molecule has 0 saturated carbocycles. The van der Waals surface area contributed by atoms with Gasteiger partial charge in [-0.2, -0.15) is 0 Å². The van der Waals surface area contributed by atoms with E-state index < -0.39 is 12.1 Å². The predicted octanol–water partition coefficient (Wildman–Crippen LogP) is 5.67. The van der Waals surface area contributed by atoms with Crippen molar-refractivity contribution in [3.8, 4) is 22.9 Å². The smallest absolute Gasteiger partial charge is 0.338 e. The second-order valence-corrected chi connectivity index (χ2v) is 8.75. The van der Waals surface area contributed by atoms with Crippen molar-refractivity contribution >= 4 is 28.6 Å². The molecule has 0 N–H and O–H groups in total. The monoisotopic (exact) mass is 493 g/mol. The number of hydrogen-bond acceptors (Lipinski definition) is 7. The highest BCUT2D eigenvalue weighted by atomic mass is 16.5. The molecule has 1 aliphatic heterocycles. The van der Waals surface area contributed by atoms with Crippen LogP contribution in [0.3, 0.4) is 0 Å². The minimum atomic E-state index is -0.888. The second-order valence-electron chi connectivity index (χ2n) is 8.75. The van der Waals surface area contributed by atoms with Gasteiger partial charge in [0.2, 0.25) is 0 Å². The molecular formula is C29H23N3O5. The first kappa shape index (κ1) is 22.7. The summed E-state index contributed by atoms with van der Waals surface area (Å²) in [7, 11) is 0. The Hall–Kier alpha value is -4.72. The largest absolute Gasteiger partial charge is 0.463 e. The number of furan rings is 2. The highest BCUT2D eigenvalue weighted by molar-refractivity contribution is 6.01. The van der Waals surface area contributed by atoms with E-state index in [4.69, 9.17) is 23.5 Å². The molecule has 5 aromatic rings. The van der Waals surface area contributed by atoms with Gasteiger partial charge in [-0.15, -0.1) is 0 Å². The maximum Gasteiger partial charge on any atom is 0.338 e. The van der Waals surface area contributed by atoms with Crippen molar-refractivity contribution in [1.82, 2.24) is 9.97 Å². The lowest BCUT2D eigenvalue weighted by Gasteiger charge is -2.23. The third kappa shape index (κ3) is 4.16. The molecule has 0 saturated heterocycles. The lowest BCUT2D eigenvalue weighted by atomic mass is 10.1. The molecule has 0 spiro atoms. The molecule has 0 bridgehead atoms. The Labute approximate surface area is 212 Å². The SMILES string of the molecule is CCC(OC(=O)c1ccc2nc(-c3ccco3)c(-c3ccco3)nc2c1)C(=O)N1CCc2ccccc21. The molecule has 3 aromatic heterocycles. The van der Waals surface area contributed by atoms with Crippen molar-refractivity contribution in [2.24, 2.45) is 0 Å². The van der Waals surface area contributed by atoms with E-state index in [9.17, 15) is 9.59 Å². The number of esters is 1. The Kier molecular flexibility index (Phi) is 5.76. The number of para-hydroxylation sites is 1. The van der Waals surface area contributed by atoms with Crippen molar-refractivity contribution in [2.45, 2.75) is 25.9 Å². The predicted molar refractivity (Wildman–Crippen MR) is 137 cm³/mol. The first-order valence-electron chi connectivity index (χ1n) is 12.1. The number of amides is 1. The van der Waals surface area contributed by atoms with Gasteiger partial charge in [0, 0.05) is 12.2 Å². The van der Waals surface area contributed by atoms with Crippen LogP contribution in [-0.2, 0) is 16.0 Å². The van der Waals surface area contributed by atoms with Gasteiger partial charge in [-0.1, -0.05) is 25.1 Å². The van der Waals surface area contributed by atoms with Crippen LogP contribution in [0.5, 0.6) is 0 Å². The molecule has 1 atom stereocenters. The van der Waals surface area contributed by atoms with Crippen molar-refractivity contribution in [2.75, 3.05) is 11.4 Å². The van der Waals surface area contributed by atoms with E-state index in [0.29, 0.717) is 46.9 Å². The minimum absolute atomic E-state index is 0.218. The molecule has 8 heteroatoms. The number of anilines is 1. The number of rotatable bonds is 6. The number of hydrogen-bond donors (Lipinski definition) is 0. The summed E-state index contributed by atoms with van der Waals surface area (Å²) in [6.07, 6.45) is 3.39. The lowest BCUT2D eigenvalue weighted by molar-refractivity contribution is -0.127. The zero-order valence-electron chi connectivity index (χ0n) is 20.1. The van der Waals surface area contributed by atoms with Gasteiger partial charge in [0.1, 0.15) is 11.4 Å². The summed E-state index contributed by atoms with van der Waals surface area (Å²) in [5.74, 6) is 0.268. The topological polar surface area (TPSA) is 98.7 Å². The molecule has 1 aliphatic rings. The number of fused-ring (bicyclic) bond motifs is 2. The molecule has 0 fully saturated rings. The van der Waals surface area contributed by atoms with E-state index in [0.717, 1.165) is 17.7 Å². The van der Waals surface area contributed by atoms with Gasteiger partial charge in [0.25, 0.3) is 5.91 Å². The lowest BCUT2D eigenvalue weighted by Crippen LogP contribution is -2.40. The molecule has 6 rings (SSSR count). The van der Waals surface area contributed by atoms with Crippen LogP contribution in [0, 0.1) is 0 Å². The van der Waals surface area contributed by atoms with Crippen LogP contribution in [0.2, 0.25) is 0 Å². The molecule has 37 heavy (non-hydrogen) atoms. The van der Waals surface area contributed by atoms with Crippen molar-refractivity contribution in [3.63, 3.8) is 0 Å². The summed E-state index contributed by atoms with van der Waals surface area (Å²) in [6, 6.07) is 19.9. The van der Waals surface area contributed by atoms with E-state index >= 15 is 0 Å². The molecule has 1 unspecified atom stereocenters. The fourth-order valence-corrected chi connectivity index (χ4v) is 4.60. The zero-order valence-corrected chi connectivity index (χ0v) is 20.1. The molecule has 184 valence electrons. The van der Waals surface area contributed by atoms with Crippen molar-refractivity contribution in [3.05, 3.63) is 90.4 Å². The van der Waals surface area contributed by atoms with Crippen LogP contribution in [0.1, 0.15) is 29.3 Å². The normalized spacial score (nSPS) is 13.5. The number of ether oxygens (including phenoxy) is 1. The van der Waals surface area contributed by atoms with Gasteiger partial charge in [0.05, 0.1) is 29.1 Å². The van der Waals surface area contributed by atoms with E-state index in [1.54, 1.807) is 59.9 Å². The first-order chi connectivity index (χ1) is 18.1. The van der Waals surface area contributed by atoms with Gasteiger partial charge in [0.15, 0.2) is 17.6 Å². The Bertz CT molecular complexity index is 1590. The van der Waals surface area contributed by atoms with E-state index in [1.807, 2.05) is 31.2 Å². The van der Waals surface area contributed by atoms with Crippen LogP contribution in [0.4, 0.5) is 5.69 Å². The van der Waals surface area contributed by atoms with Crippen LogP contribution >= 0.6 is 0 Å². The van der Waals surface area contributed by atoms with Crippen LogP contribution < -0.4 is 4.90 Å². The third-order valence-electron chi connectivity index (χ3n) is 6.46. The highest BCUT2D eigenvalue weighted by Crippen LogP contribution is 2.32. The van der Waals surface area contributed by atoms with Crippen molar-refractivity contribution < 1.29 is 23.2 Å². The highest BCUT2D eigenvalue weighted by Gasteiger charge is 2.31. The number of carbonyl (C=O) groups is 2. The van der Waals surface area contributed by atoms with Gasteiger partial charge < -0.3 is 18.5 Å². The number of aromatic nitrogens is 2. The summed E-state index contributed by atoms with van der Waals surface area (Å²) < 4.78 is 16.8. The number of carbonyl (C=O) groups excluding carboxylic acids is 2. The van der Waals surface area contributed by atoms with Gasteiger partial charge in [-0.05, 0) is 66.9 Å². The molecule has 4 heterocycles. The van der Waals surface area contributed by atoms with Gasteiger partial charge in [-0.25, -0.2) is 14.8 Å². The summed E-state index contributed by atoms with van der Waals surface area (Å²) in [5.41, 5.74) is 4.37. The van der Waals surface area contributed by atoms with Crippen LogP contribution in [0.15, 0.2) is 88.1 Å². The standard InChI is InChI=1S/C29H23N3O5/c1-2-23(28(33)32-14-13-18-7-3-4-8-22(18)32)37-29(34)19-11-12-20-21(17-19)31-27(25-10-6-16-36-25)26(30-20)24-9-5-15-35-24/h3-12,15-17,23H,2,13-14H2,1H3. The first-order valence-corrected chi connectivity index (χ1v) is 12.1. The fourth-order valence-electron chi connectivity index (χ4n) is 4.60. The fraction of sp³-hybridized carbons (Fsp3) is 0.172. The summed E-state index contributed by atoms with van der Waals surface area (Å²) >= 11 is 0. The van der Waals surface area contributed by atoms with Crippen LogP contribution in [-0.4, -0.2) is 34.5 Å². The molecule has 0 aliphatic carbocycles.